The van der Waals surface area contributed by atoms with Crippen molar-refractivity contribution >= 4 is 40.7 Å². The molecule has 0 bridgehead atoms. The molecular weight excluding hydrogens is 443 g/mol. The third-order valence-corrected chi connectivity index (χ3v) is 6.73. The van der Waals surface area contributed by atoms with Crippen LogP contribution in [0.2, 0.25) is 10.0 Å². The average molecular weight is 475 g/mol. The first-order chi connectivity index (χ1) is 15.3. The fourth-order valence-corrected chi connectivity index (χ4v) is 5.23. The van der Waals surface area contributed by atoms with Crippen molar-refractivity contribution in [2.24, 2.45) is 5.92 Å². The maximum Gasteiger partial charge on any atom is 0.235 e. The molecule has 2 amide bonds. The average Bonchev–Trinajstić information content (AvgIpc) is 2.98. The van der Waals surface area contributed by atoms with Gasteiger partial charge in [-0.15, -0.1) is 0 Å². The highest BCUT2D eigenvalue weighted by molar-refractivity contribution is 6.31. The zero-order valence-corrected chi connectivity index (χ0v) is 20.5. The molecule has 2 N–H and O–H groups in total. The molecule has 3 rings (SSSR count). The fourth-order valence-electron chi connectivity index (χ4n) is 4.85. The van der Waals surface area contributed by atoms with E-state index in [-0.39, 0.29) is 23.8 Å². The number of amides is 2. The molecule has 172 valence electrons. The molecule has 1 heterocycles. The number of carbonyl (C=O) groups excluding carboxylic acids is 2. The van der Waals surface area contributed by atoms with Crippen LogP contribution < -0.4 is 10.6 Å². The Morgan fingerprint density at radius 3 is 2.53 bits per heavy atom. The lowest BCUT2D eigenvalue weighted by molar-refractivity contribution is -0.125. The molecule has 0 spiro atoms. The number of hydrogen-bond donors (Lipinski definition) is 2. The van der Waals surface area contributed by atoms with Gasteiger partial charge in [-0.1, -0.05) is 61.2 Å². The molecule has 0 aromatic heterocycles. The number of anilines is 1. The first kappa shape index (κ1) is 24.6. The zero-order chi connectivity index (χ0) is 23.3. The summed E-state index contributed by atoms with van der Waals surface area (Å²) >= 11 is 12.5. The summed E-state index contributed by atoms with van der Waals surface area (Å²) in [5, 5.41) is 7.30. The number of nitrogens with one attached hydrogen (secondary N) is 2. The van der Waals surface area contributed by atoms with Gasteiger partial charge in [-0.05, 0) is 74.4 Å². The van der Waals surface area contributed by atoms with Crippen molar-refractivity contribution < 1.29 is 9.59 Å². The highest BCUT2D eigenvalue weighted by atomic mass is 35.5. The van der Waals surface area contributed by atoms with Crippen LogP contribution in [-0.4, -0.2) is 17.9 Å². The van der Waals surface area contributed by atoms with Crippen molar-refractivity contribution in [3.05, 3.63) is 63.6 Å². The van der Waals surface area contributed by atoms with E-state index in [2.05, 4.69) is 17.6 Å². The minimum absolute atomic E-state index is 0.00164. The molecule has 4 nitrogen and oxygen atoms in total. The molecule has 0 saturated heterocycles. The monoisotopic (exact) mass is 474 g/mol. The lowest BCUT2D eigenvalue weighted by Crippen LogP contribution is -2.44. The summed E-state index contributed by atoms with van der Waals surface area (Å²) in [5.41, 5.74) is 1.94. The Morgan fingerprint density at radius 1 is 1.09 bits per heavy atom. The largest absolute Gasteiger partial charge is 0.354 e. The maximum atomic E-state index is 13.7. The molecule has 6 heteroatoms. The predicted molar refractivity (Wildman–Crippen MR) is 132 cm³/mol. The van der Waals surface area contributed by atoms with Gasteiger partial charge in [-0.2, -0.15) is 0 Å². The number of rotatable bonds is 10. The first-order valence-corrected chi connectivity index (χ1v) is 12.2. The number of fused-ring (bicyclic) bond motifs is 1. The summed E-state index contributed by atoms with van der Waals surface area (Å²) < 4.78 is 0. The maximum absolute atomic E-state index is 13.7. The van der Waals surface area contributed by atoms with Crippen molar-refractivity contribution in [2.75, 3.05) is 5.32 Å². The molecule has 1 aliphatic heterocycles. The van der Waals surface area contributed by atoms with E-state index in [1.165, 1.54) is 0 Å². The van der Waals surface area contributed by atoms with Gasteiger partial charge in [0.25, 0.3) is 0 Å². The van der Waals surface area contributed by atoms with Gasteiger partial charge < -0.3 is 10.6 Å². The second kappa shape index (κ2) is 10.7. The van der Waals surface area contributed by atoms with Gasteiger partial charge in [0, 0.05) is 28.2 Å². The van der Waals surface area contributed by atoms with Gasteiger partial charge in [0.15, 0.2) is 0 Å². The van der Waals surface area contributed by atoms with Crippen molar-refractivity contribution in [1.29, 1.82) is 0 Å². The van der Waals surface area contributed by atoms with E-state index in [1.54, 1.807) is 0 Å². The highest BCUT2D eigenvalue weighted by Crippen LogP contribution is 2.49. The number of hydrogen-bond acceptors (Lipinski definition) is 2. The Labute approximate surface area is 201 Å². The molecule has 0 saturated carbocycles. The Hall–Kier alpha value is -2.04. The molecule has 0 aliphatic carbocycles. The lowest BCUT2D eigenvalue weighted by Gasteiger charge is -2.37. The van der Waals surface area contributed by atoms with Gasteiger partial charge in [-0.25, -0.2) is 0 Å². The standard InChI is InChI=1S/C26H32Cl2N2O2/c1-4-5-8-19(10-13-24(31)29-17(2)3)26(16-18-7-6-9-20(27)14-18)22-12-11-21(28)15-23(22)30-25(26)32/h6-7,9,11-12,14-15,17,19H,4-5,8,10,13,16H2,1-3H3,(H,29,31)(H,30,32). The molecule has 0 fully saturated rings. The van der Waals surface area contributed by atoms with Gasteiger partial charge in [0.2, 0.25) is 11.8 Å². The minimum atomic E-state index is -0.780. The van der Waals surface area contributed by atoms with E-state index in [4.69, 9.17) is 23.2 Å². The minimum Gasteiger partial charge on any atom is -0.354 e. The van der Waals surface area contributed by atoms with Crippen LogP contribution in [0, 0.1) is 5.92 Å². The van der Waals surface area contributed by atoms with Crippen LogP contribution >= 0.6 is 23.2 Å². The van der Waals surface area contributed by atoms with E-state index in [0.29, 0.717) is 29.3 Å². The Bertz CT molecular complexity index is 976. The number of carbonyl (C=O) groups is 2. The van der Waals surface area contributed by atoms with E-state index in [1.807, 2.05) is 56.3 Å². The van der Waals surface area contributed by atoms with E-state index < -0.39 is 5.41 Å². The van der Waals surface area contributed by atoms with Crippen LogP contribution in [0.25, 0.3) is 0 Å². The second-order valence-corrected chi connectivity index (χ2v) is 9.89. The van der Waals surface area contributed by atoms with Gasteiger partial charge in [0.1, 0.15) is 0 Å². The third-order valence-electron chi connectivity index (χ3n) is 6.26. The second-order valence-electron chi connectivity index (χ2n) is 9.02. The summed E-state index contributed by atoms with van der Waals surface area (Å²) in [4.78, 5) is 26.2. The summed E-state index contributed by atoms with van der Waals surface area (Å²) in [6.07, 6.45) is 4.42. The number of halogens is 2. The third kappa shape index (κ3) is 5.47. The van der Waals surface area contributed by atoms with Crippen LogP contribution in [0.15, 0.2) is 42.5 Å². The van der Waals surface area contributed by atoms with E-state index in [0.717, 1.165) is 36.1 Å². The lowest BCUT2D eigenvalue weighted by atomic mass is 9.64. The topological polar surface area (TPSA) is 58.2 Å². The van der Waals surface area contributed by atoms with Gasteiger partial charge in [0.05, 0.1) is 5.41 Å². The number of benzene rings is 2. The highest BCUT2D eigenvalue weighted by Gasteiger charge is 2.51. The van der Waals surface area contributed by atoms with E-state index >= 15 is 0 Å². The molecule has 2 aromatic carbocycles. The quantitative estimate of drug-likeness (QED) is 0.410. The summed E-state index contributed by atoms with van der Waals surface area (Å²) in [6.45, 7) is 6.06. The first-order valence-electron chi connectivity index (χ1n) is 11.4. The van der Waals surface area contributed by atoms with Crippen LogP contribution in [0.3, 0.4) is 0 Å². The van der Waals surface area contributed by atoms with Crippen LogP contribution in [0.4, 0.5) is 5.69 Å². The van der Waals surface area contributed by atoms with E-state index in [9.17, 15) is 9.59 Å². The molecule has 2 atom stereocenters. The van der Waals surface area contributed by atoms with Crippen molar-refractivity contribution in [3.63, 3.8) is 0 Å². The van der Waals surface area contributed by atoms with Crippen molar-refractivity contribution in [3.8, 4) is 0 Å². The van der Waals surface area contributed by atoms with Crippen LogP contribution in [0.5, 0.6) is 0 Å². The Kier molecular flexibility index (Phi) is 8.24. The normalized spacial score (nSPS) is 18.4. The molecule has 2 aromatic rings. The SMILES string of the molecule is CCCCC(CCC(=O)NC(C)C)C1(Cc2cccc(Cl)c2)C(=O)Nc2cc(Cl)ccc21. The number of unbranched alkanes of at least 4 members (excludes halogenated alkanes) is 1. The Balaban J connectivity index is 2.05. The van der Waals surface area contributed by atoms with Crippen molar-refractivity contribution in [2.45, 2.75) is 70.8 Å². The fraction of sp³-hybridized carbons (Fsp3) is 0.462. The molecule has 2 unspecified atom stereocenters. The molecule has 32 heavy (non-hydrogen) atoms. The van der Waals surface area contributed by atoms with Crippen molar-refractivity contribution in [1.82, 2.24) is 5.32 Å². The smallest absolute Gasteiger partial charge is 0.235 e. The van der Waals surface area contributed by atoms with Gasteiger partial charge >= 0.3 is 0 Å². The molecular formula is C26H32Cl2N2O2. The Morgan fingerprint density at radius 2 is 1.84 bits per heavy atom. The predicted octanol–water partition coefficient (Wildman–Crippen LogP) is 6.54. The zero-order valence-electron chi connectivity index (χ0n) is 19.0. The molecule has 1 aliphatic rings. The van der Waals surface area contributed by atoms with Gasteiger partial charge in [-0.3, -0.25) is 9.59 Å². The van der Waals surface area contributed by atoms with Crippen LogP contribution in [-0.2, 0) is 21.4 Å². The van der Waals surface area contributed by atoms with Crippen LogP contribution in [0.1, 0.15) is 64.0 Å². The summed E-state index contributed by atoms with van der Waals surface area (Å²) in [5.74, 6) is -0.00368. The summed E-state index contributed by atoms with van der Waals surface area (Å²) in [7, 11) is 0. The summed E-state index contributed by atoms with van der Waals surface area (Å²) in [6, 6.07) is 13.4. The molecule has 0 radical (unpaired) electrons.